The van der Waals surface area contributed by atoms with E-state index < -0.39 is 0 Å². The fourth-order valence-corrected chi connectivity index (χ4v) is 1.93. The van der Waals surface area contributed by atoms with Gasteiger partial charge in [0.25, 0.3) is 0 Å². The van der Waals surface area contributed by atoms with E-state index in [1.54, 1.807) is 12.1 Å². The molecule has 90 valence electrons. The van der Waals surface area contributed by atoms with Gasteiger partial charge in [-0.1, -0.05) is 24.9 Å². The maximum Gasteiger partial charge on any atom is 0.142 e. The molecule has 1 rings (SSSR count). The van der Waals surface area contributed by atoms with Crippen LogP contribution in [0.4, 0.5) is 4.39 Å². The number of rotatable bonds is 5. The van der Waals surface area contributed by atoms with E-state index in [0.717, 1.165) is 36.8 Å². The predicted octanol–water partition coefficient (Wildman–Crippen LogP) is 3.71. The van der Waals surface area contributed by atoms with Crippen LogP contribution >= 0.6 is 11.6 Å². The molecule has 0 unspecified atom stereocenters. The first-order valence-electron chi connectivity index (χ1n) is 5.77. The van der Waals surface area contributed by atoms with Crippen molar-refractivity contribution in [3.05, 3.63) is 34.1 Å². The molecule has 0 bridgehead atoms. The molecular formula is C13H19ClFN. The third-order valence-corrected chi connectivity index (χ3v) is 2.92. The van der Waals surface area contributed by atoms with Crippen molar-refractivity contribution in [1.82, 2.24) is 0 Å². The van der Waals surface area contributed by atoms with Gasteiger partial charge in [0.2, 0.25) is 0 Å². The quantitative estimate of drug-likeness (QED) is 0.838. The summed E-state index contributed by atoms with van der Waals surface area (Å²) in [6.07, 6.45) is 3.67. The lowest BCUT2D eigenvalue weighted by molar-refractivity contribution is 0.620. The van der Waals surface area contributed by atoms with Crippen molar-refractivity contribution >= 4 is 11.6 Å². The Labute approximate surface area is 102 Å². The molecule has 1 aromatic rings. The van der Waals surface area contributed by atoms with E-state index in [0.29, 0.717) is 0 Å². The molecule has 0 saturated heterocycles. The summed E-state index contributed by atoms with van der Waals surface area (Å²) in [6, 6.07) is 3.46. The van der Waals surface area contributed by atoms with E-state index in [2.05, 4.69) is 6.92 Å². The smallest absolute Gasteiger partial charge is 0.142 e. The van der Waals surface area contributed by atoms with Crippen LogP contribution in [-0.2, 0) is 12.8 Å². The molecule has 1 aromatic carbocycles. The average Bonchev–Trinajstić information content (AvgIpc) is 2.21. The maximum atomic E-state index is 13.3. The first kappa shape index (κ1) is 13.5. The molecule has 16 heavy (non-hydrogen) atoms. The molecule has 0 saturated carbocycles. The van der Waals surface area contributed by atoms with E-state index in [1.807, 2.05) is 6.92 Å². The molecule has 0 spiro atoms. The lowest BCUT2D eigenvalue weighted by Gasteiger charge is -2.11. The van der Waals surface area contributed by atoms with Crippen molar-refractivity contribution in [1.29, 1.82) is 0 Å². The Hall–Kier alpha value is -0.600. The summed E-state index contributed by atoms with van der Waals surface area (Å²) < 4.78 is 13.3. The van der Waals surface area contributed by atoms with Crippen molar-refractivity contribution < 1.29 is 4.39 Å². The van der Waals surface area contributed by atoms with Crippen molar-refractivity contribution in [2.45, 2.75) is 45.6 Å². The Morgan fingerprint density at radius 1 is 1.31 bits per heavy atom. The van der Waals surface area contributed by atoms with Crippen molar-refractivity contribution in [2.24, 2.45) is 5.73 Å². The lowest BCUT2D eigenvalue weighted by atomic mass is 9.98. The normalized spacial score (nSPS) is 12.8. The summed E-state index contributed by atoms with van der Waals surface area (Å²) in [5.74, 6) is -0.324. The highest BCUT2D eigenvalue weighted by atomic mass is 35.5. The van der Waals surface area contributed by atoms with Gasteiger partial charge in [0, 0.05) is 6.04 Å². The summed E-state index contributed by atoms with van der Waals surface area (Å²) in [7, 11) is 0. The van der Waals surface area contributed by atoms with E-state index in [1.165, 1.54) is 0 Å². The second-order valence-corrected chi connectivity index (χ2v) is 4.71. The summed E-state index contributed by atoms with van der Waals surface area (Å²) in [5, 5.41) is 0.208. The highest BCUT2D eigenvalue weighted by molar-refractivity contribution is 6.30. The fourth-order valence-electron chi connectivity index (χ4n) is 1.75. The Morgan fingerprint density at radius 3 is 2.50 bits per heavy atom. The number of hydrogen-bond acceptors (Lipinski definition) is 1. The van der Waals surface area contributed by atoms with E-state index >= 15 is 0 Å². The topological polar surface area (TPSA) is 26.0 Å². The molecular weight excluding hydrogens is 225 g/mol. The van der Waals surface area contributed by atoms with E-state index in [-0.39, 0.29) is 16.9 Å². The number of halogens is 2. The molecule has 0 radical (unpaired) electrons. The van der Waals surface area contributed by atoms with Gasteiger partial charge in [0.05, 0.1) is 5.02 Å². The predicted molar refractivity (Wildman–Crippen MR) is 67.4 cm³/mol. The van der Waals surface area contributed by atoms with E-state index in [9.17, 15) is 4.39 Å². The van der Waals surface area contributed by atoms with Gasteiger partial charge in [-0.15, -0.1) is 0 Å². The summed E-state index contributed by atoms with van der Waals surface area (Å²) in [4.78, 5) is 0. The van der Waals surface area contributed by atoms with Gasteiger partial charge in [-0.2, -0.15) is 0 Å². The number of hydrogen-bond donors (Lipinski definition) is 1. The molecule has 1 atom stereocenters. The second-order valence-electron chi connectivity index (χ2n) is 4.30. The number of aryl methyl sites for hydroxylation is 2. The fraction of sp³-hybridized carbons (Fsp3) is 0.538. The third-order valence-electron chi connectivity index (χ3n) is 2.63. The van der Waals surface area contributed by atoms with Gasteiger partial charge in [-0.3, -0.25) is 0 Å². The van der Waals surface area contributed by atoms with Crippen molar-refractivity contribution in [3.63, 3.8) is 0 Å². The Balaban J connectivity index is 2.90. The van der Waals surface area contributed by atoms with E-state index in [4.69, 9.17) is 17.3 Å². The van der Waals surface area contributed by atoms with Crippen LogP contribution in [0.25, 0.3) is 0 Å². The molecule has 0 fully saturated rings. The van der Waals surface area contributed by atoms with Crippen molar-refractivity contribution in [3.8, 4) is 0 Å². The highest BCUT2D eigenvalue weighted by Gasteiger charge is 2.08. The maximum absolute atomic E-state index is 13.3. The summed E-state index contributed by atoms with van der Waals surface area (Å²) in [6.45, 7) is 4.06. The van der Waals surface area contributed by atoms with Crippen LogP contribution in [0.1, 0.15) is 37.8 Å². The summed E-state index contributed by atoms with van der Waals surface area (Å²) in [5.41, 5.74) is 7.92. The molecule has 1 nitrogen and oxygen atoms in total. The van der Waals surface area contributed by atoms with Crippen LogP contribution in [0.5, 0.6) is 0 Å². The Kier molecular flexibility index (Phi) is 5.23. The van der Waals surface area contributed by atoms with Gasteiger partial charge in [0.15, 0.2) is 0 Å². The van der Waals surface area contributed by atoms with Crippen LogP contribution in [0.15, 0.2) is 12.1 Å². The SMILES string of the molecule is CCCc1cc(F)c(Cl)cc1CC[C@@H](C)N. The van der Waals surface area contributed by atoms with Gasteiger partial charge < -0.3 is 5.73 Å². The molecule has 0 heterocycles. The van der Waals surface area contributed by atoms with Gasteiger partial charge in [0.1, 0.15) is 5.82 Å². The third kappa shape index (κ3) is 3.76. The van der Waals surface area contributed by atoms with Crippen LogP contribution in [0.3, 0.4) is 0 Å². The molecule has 0 aromatic heterocycles. The van der Waals surface area contributed by atoms with Crippen LogP contribution in [0.2, 0.25) is 5.02 Å². The molecule has 0 amide bonds. The van der Waals surface area contributed by atoms with Gasteiger partial charge >= 0.3 is 0 Å². The Bertz CT molecular complexity index is 350. The first-order valence-corrected chi connectivity index (χ1v) is 6.14. The van der Waals surface area contributed by atoms with Crippen LogP contribution < -0.4 is 5.73 Å². The minimum Gasteiger partial charge on any atom is -0.328 e. The lowest BCUT2D eigenvalue weighted by Crippen LogP contribution is -2.15. The standard InChI is InChI=1S/C13H19ClFN/c1-3-4-10-8-13(15)12(14)7-11(10)6-5-9(2)16/h7-9H,3-6,16H2,1-2H3/t9-/m1/s1. The molecule has 0 aliphatic heterocycles. The summed E-state index contributed by atoms with van der Waals surface area (Å²) >= 11 is 5.80. The number of benzene rings is 1. The zero-order valence-electron chi connectivity index (χ0n) is 9.89. The monoisotopic (exact) mass is 243 g/mol. The first-order chi connectivity index (χ1) is 7.54. The second kappa shape index (κ2) is 6.21. The Morgan fingerprint density at radius 2 is 1.94 bits per heavy atom. The molecule has 0 aliphatic carbocycles. The minimum atomic E-state index is -0.324. The number of nitrogens with two attached hydrogens (primary N) is 1. The zero-order valence-corrected chi connectivity index (χ0v) is 10.6. The highest BCUT2D eigenvalue weighted by Crippen LogP contribution is 2.22. The van der Waals surface area contributed by atoms with Crippen LogP contribution in [0, 0.1) is 5.82 Å². The molecule has 2 N–H and O–H groups in total. The van der Waals surface area contributed by atoms with Crippen LogP contribution in [-0.4, -0.2) is 6.04 Å². The van der Waals surface area contributed by atoms with Crippen molar-refractivity contribution in [2.75, 3.05) is 0 Å². The van der Waals surface area contributed by atoms with Gasteiger partial charge in [-0.25, -0.2) is 4.39 Å². The minimum absolute atomic E-state index is 0.165. The molecule has 0 aliphatic rings. The zero-order chi connectivity index (χ0) is 12.1. The van der Waals surface area contributed by atoms with Gasteiger partial charge in [-0.05, 0) is 49.4 Å². The largest absolute Gasteiger partial charge is 0.328 e. The average molecular weight is 244 g/mol. The molecule has 3 heteroatoms.